The molecule has 0 saturated heterocycles. The van der Waals surface area contributed by atoms with Gasteiger partial charge in [0.1, 0.15) is 0 Å². The van der Waals surface area contributed by atoms with E-state index in [2.05, 4.69) is 55.6 Å². The molecule has 2 aromatic rings. The lowest BCUT2D eigenvalue weighted by atomic mass is 10.1. The van der Waals surface area contributed by atoms with E-state index in [1.54, 1.807) is 0 Å². The Morgan fingerprint density at radius 1 is 0.950 bits per heavy atom. The number of nitrogens with one attached hydrogen (secondary N) is 1. The van der Waals surface area contributed by atoms with Crippen LogP contribution in [0.3, 0.4) is 0 Å². The van der Waals surface area contributed by atoms with Gasteiger partial charge in [-0.25, -0.2) is 0 Å². The third-order valence-electron chi connectivity index (χ3n) is 3.19. The normalized spacial score (nSPS) is 10.2. The zero-order valence-electron chi connectivity index (χ0n) is 12.2. The molecule has 0 saturated carbocycles. The quantitative estimate of drug-likeness (QED) is 0.853. The summed E-state index contributed by atoms with van der Waals surface area (Å²) >= 11 is 5.43. The van der Waals surface area contributed by atoms with Gasteiger partial charge in [-0.15, -0.1) is 0 Å². The van der Waals surface area contributed by atoms with Crippen LogP contribution < -0.4 is 5.32 Å². The van der Waals surface area contributed by atoms with E-state index in [0.29, 0.717) is 0 Å². The van der Waals surface area contributed by atoms with Crippen molar-refractivity contribution in [2.75, 3.05) is 12.4 Å². The number of thiocarbonyl (C=S) groups is 1. The minimum absolute atomic E-state index is 0.731. The summed E-state index contributed by atoms with van der Waals surface area (Å²) in [5.74, 6) is 0. The smallest absolute Gasteiger partial charge is 0.173 e. The molecule has 0 bridgehead atoms. The molecule has 0 unspecified atom stereocenters. The second-order valence-electron chi connectivity index (χ2n) is 5.14. The van der Waals surface area contributed by atoms with Crippen molar-refractivity contribution in [3.8, 4) is 0 Å². The Morgan fingerprint density at radius 3 is 2.00 bits per heavy atom. The Kier molecular flexibility index (Phi) is 4.74. The molecule has 2 nitrogen and oxygen atoms in total. The number of benzene rings is 2. The van der Waals surface area contributed by atoms with Gasteiger partial charge in [-0.1, -0.05) is 47.5 Å². The first kappa shape index (κ1) is 14.5. The Bertz CT molecular complexity index is 573. The van der Waals surface area contributed by atoms with E-state index in [0.717, 1.165) is 17.3 Å². The Morgan fingerprint density at radius 2 is 1.45 bits per heavy atom. The number of anilines is 1. The molecule has 0 aliphatic rings. The zero-order valence-corrected chi connectivity index (χ0v) is 13.0. The van der Waals surface area contributed by atoms with Crippen molar-refractivity contribution in [3.63, 3.8) is 0 Å². The van der Waals surface area contributed by atoms with Crippen LogP contribution in [0.15, 0.2) is 48.5 Å². The lowest BCUT2D eigenvalue weighted by Crippen LogP contribution is -2.30. The van der Waals surface area contributed by atoms with Gasteiger partial charge in [0.15, 0.2) is 5.11 Å². The molecule has 0 amide bonds. The summed E-state index contributed by atoms with van der Waals surface area (Å²) in [6, 6.07) is 16.8. The fraction of sp³-hybridized carbons (Fsp3) is 0.235. The van der Waals surface area contributed by atoms with Crippen molar-refractivity contribution in [2.45, 2.75) is 20.4 Å². The third kappa shape index (κ3) is 4.07. The highest BCUT2D eigenvalue weighted by Crippen LogP contribution is 2.11. The Balaban J connectivity index is 1.94. The van der Waals surface area contributed by atoms with Gasteiger partial charge in [0, 0.05) is 19.3 Å². The summed E-state index contributed by atoms with van der Waals surface area (Å²) in [6.45, 7) is 4.97. The molecule has 1 N–H and O–H groups in total. The summed E-state index contributed by atoms with van der Waals surface area (Å²) in [4.78, 5) is 2.04. The van der Waals surface area contributed by atoms with E-state index in [1.165, 1.54) is 16.7 Å². The summed E-state index contributed by atoms with van der Waals surface area (Å²) in [7, 11) is 2.00. The summed E-state index contributed by atoms with van der Waals surface area (Å²) in [6.07, 6.45) is 0. The van der Waals surface area contributed by atoms with E-state index in [9.17, 15) is 0 Å². The Labute approximate surface area is 126 Å². The topological polar surface area (TPSA) is 15.3 Å². The number of hydrogen-bond acceptors (Lipinski definition) is 1. The fourth-order valence-electron chi connectivity index (χ4n) is 1.89. The lowest BCUT2D eigenvalue weighted by Gasteiger charge is -2.21. The van der Waals surface area contributed by atoms with Crippen LogP contribution in [-0.4, -0.2) is 17.1 Å². The fourth-order valence-corrected chi connectivity index (χ4v) is 2.08. The standard InChI is InChI=1S/C17H20N2S/c1-13-4-8-15(9-5-13)12-19(3)17(20)18-16-10-6-14(2)7-11-16/h4-11H,12H2,1-3H3,(H,18,20). The molecule has 0 atom stereocenters. The molecule has 0 fully saturated rings. The first-order valence-corrected chi connectivity index (χ1v) is 7.10. The second kappa shape index (κ2) is 6.53. The summed E-state index contributed by atoms with van der Waals surface area (Å²) in [5.41, 5.74) is 4.80. The first-order valence-electron chi connectivity index (χ1n) is 6.69. The van der Waals surface area contributed by atoms with Gasteiger partial charge in [-0.3, -0.25) is 0 Å². The summed E-state index contributed by atoms with van der Waals surface area (Å²) < 4.78 is 0. The molecule has 104 valence electrons. The second-order valence-corrected chi connectivity index (χ2v) is 5.52. The minimum Gasteiger partial charge on any atom is -0.348 e. The van der Waals surface area contributed by atoms with Gasteiger partial charge in [0.05, 0.1) is 0 Å². The van der Waals surface area contributed by atoms with Crippen LogP contribution in [0.2, 0.25) is 0 Å². The number of nitrogens with zero attached hydrogens (tertiary/aromatic N) is 1. The van der Waals surface area contributed by atoms with E-state index in [4.69, 9.17) is 12.2 Å². The van der Waals surface area contributed by atoms with E-state index in [-0.39, 0.29) is 0 Å². The zero-order chi connectivity index (χ0) is 14.5. The predicted octanol–water partition coefficient (Wildman–Crippen LogP) is 4.13. The van der Waals surface area contributed by atoms with Gasteiger partial charge < -0.3 is 10.2 Å². The van der Waals surface area contributed by atoms with Crippen molar-refractivity contribution in [3.05, 3.63) is 65.2 Å². The molecular weight excluding hydrogens is 264 g/mol. The minimum atomic E-state index is 0.731. The van der Waals surface area contributed by atoms with Crippen molar-refractivity contribution in [2.24, 2.45) is 0 Å². The van der Waals surface area contributed by atoms with Crippen LogP contribution in [0.1, 0.15) is 16.7 Å². The maximum atomic E-state index is 5.43. The monoisotopic (exact) mass is 284 g/mol. The van der Waals surface area contributed by atoms with Crippen LogP contribution >= 0.6 is 12.2 Å². The molecule has 0 aliphatic carbocycles. The van der Waals surface area contributed by atoms with Gasteiger partial charge in [-0.05, 0) is 43.8 Å². The highest BCUT2D eigenvalue weighted by Gasteiger charge is 2.05. The molecule has 20 heavy (non-hydrogen) atoms. The molecule has 3 heteroatoms. The van der Waals surface area contributed by atoms with Gasteiger partial charge in [0.2, 0.25) is 0 Å². The summed E-state index contributed by atoms with van der Waals surface area (Å²) in [5, 5.41) is 3.99. The van der Waals surface area contributed by atoms with Crippen molar-refractivity contribution < 1.29 is 0 Å². The van der Waals surface area contributed by atoms with Gasteiger partial charge >= 0.3 is 0 Å². The molecule has 0 radical (unpaired) electrons. The van der Waals surface area contributed by atoms with E-state index >= 15 is 0 Å². The van der Waals surface area contributed by atoms with Crippen LogP contribution in [0.4, 0.5) is 5.69 Å². The van der Waals surface area contributed by atoms with Crippen LogP contribution in [0.25, 0.3) is 0 Å². The van der Waals surface area contributed by atoms with Crippen molar-refractivity contribution in [1.29, 1.82) is 0 Å². The molecule has 2 aromatic carbocycles. The maximum absolute atomic E-state index is 5.43. The largest absolute Gasteiger partial charge is 0.348 e. The van der Waals surface area contributed by atoms with Crippen molar-refractivity contribution >= 4 is 23.0 Å². The average molecular weight is 284 g/mol. The lowest BCUT2D eigenvalue weighted by molar-refractivity contribution is 0.508. The van der Waals surface area contributed by atoms with Crippen LogP contribution in [0.5, 0.6) is 0 Å². The third-order valence-corrected chi connectivity index (χ3v) is 3.60. The average Bonchev–Trinajstić information content (AvgIpc) is 2.44. The molecule has 0 aliphatic heterocycles. The molecule has 2 rings (SSSR count). The first-order chi connectivity index (χ1) is 9.54. The molecule has 0 aromatic heterocycles. The predicted molar refractivity (Wildman–Crippen MR) is 90.0 cm³/mol. The number of aryl methyl sites for hydroxylation is 2. The highest BCUT2D eigenvalue weighted by molar-refractivity contribution is 7.80. The van der Waals surface area contributed by atoms with Crippen LogP contribution in [0, 0.1) is 13.8 Å². The van der Waals surface area contributed by atoms with E-state index < -0.39 is 0 Å². The maximum Gasteiger partial charge on any atom is 0.173 e. The molecule has 0 spiro atoms. The highest BCUT2D eigenvalue weighted by atomic mass is 32.1. The Hall–Kier alpha value is -1.87. The molecule has 0 heterocycles. The van der Waals surface area contributed by atoms with Crippen LogP contribution in [-0.2, 0) is 6.54 Å². The number of rotatable bonds is 3. The van der Waals surface area contributed by atoms with E-state index in [1.807, 2.05) is 24.1 Å². The van der Waals surface area contributed by atoms with Crippen molar-refractivity contribution in [1.82, 2.24) is 4.90 Å². The van der Waals surface area contributed by atoms with Gasteiger partial charge in [0.25, 0.3) is 0 Å². The number of hydrogen-bond donors (Lipinski definition) is 1. The molecular formula is C17H20N2S. The van der Waals surface area contributed by atoms with Gasteiger partial charge in [-0.2, -0.15) is 0 Å². The SMILES string of the molecule is Cc1ccc(CN(C)C(=S)Nc2ccc(C)cc2)cc1.